The predicted molar refractivity (Wildman–Crippen MR) is 57.6 cm³/mol. The van der Waals surface area contributed by atoms with E-state index in [0.717, 1.165) is 5.39 Å². The Labute approximate surface area is 86.1 Å². The van der Waals surface area contributed by atoms with E-state index in [4.69, 9.17) is 4.74 Å². The Kier molecular flexibility index (Phi) is 2.25. The Hall–Kier alpha value is -2.10. The molecule has 76 valence electrons. The van der Waals surface area contributed by atoms with Crippen molar-refractivity contribution < 1.29 is 9.84 Å². The third-order valence-corrected chi connectivity index (χ3v) is 2.27. The van der Waals surface area contributed by atoms with Crippen LogP contribution in [0, 0.1) is 4.91 Å². The number of hydrogen-bond acceptors (Lipinski definition) is 4. The van der Waals surface area contributed by atoms with Gasteiger partial charge in [0.25, 0.3) is 0 Å². The molecule has 0 aliphatic rings. The number of methoxy groups -OCH3 is 1. The molecule has 0 saturated carbocycles. The van der Waals surface area contributed by atoms with Crippen molar-refractivity contribution in [3.63, 3.8) is 0 Å². The maximum Gasteiger partial charge on any atom is 0.188 e. The van der Waals surface area contributed by atoms with Gasteiger partial charge in [0, 0.05) is 5.39 Å². The van der Waals surface area contributed by atoms with Crippen molar-refractivity contribution in [3.05, 3.63) is 35.2 Å². The number of nitroso groups, excluding NO2 is 1. The Morgan fingerprint density at radius 2 is 2.07 bits per heavy atom. The molecule has 4 heteroatoms. The molecule has 0 atom stereocenters. The summed E-state index contributed by atoms with van der Waals surface area (Å²) in [6.07, 6.45) is 0. The number of benzene rings is 2. The SMILES string of the molecule is COc1cc2ccccc2c(N=O)c1O. The van der Waals surface area contributed by atoms with E-state index in [9.17, 15) is 10.0 Å². The summed E-state index contributed by atoms with van der Waals surface area (Å²) >= 11 is 0. The van der Waals surface area contributed by atoms with Gasteiger partial charge in [-0.3, -0.25) is 0 Å². The highest BCUT2D eigenvalue weighted by Gasteiger charge is 2.13. The molecule has 0 saturated heterocycles. The van der Waals surface area contributed by atoms with Crippen LogP contribution in [0.5, 0.6) is 11.5 Å². The maximum absolute atomic E-state index is 10.6. The first-order valence-corrected chi connectivity index (χ1v) is 4.40. The number of fused-ring (bicyclic) bond motifs is 1. The molecule has 0 fully saturated rings. The van der Waals surface area contributed by atoms with Crippen LogP contribution >= 0.6 is 0 Å². The maximum atomic E-state index is 10.6. The fraction of sp³-hybridized carbons (Fsp3) is 0.0909. The average molecular weight is 203 g/mol. The molecule has 0 unspecified atom stereocenters. The second-order valence-electron chi connectivity index (χ2n) is 3.09. The molecule has 0 aliphatic heterocycles. The van der Waals surface area contributed by atoms with Gasteiger partial charge < -0.3 is 9.84 Å². The summed E-state index contributed by atoms with van der Waals surface area (Å²) in [7, 11) is 1.43. The van der Waals surface area contributed by atoms with Crippen molar-refractivity contribution in [1.29, 1.82) is 0 Å². The van der Waals surface area contributed by atoms with Crippen LogP contribution in [-0.4, -0.2) is 12.2 Å². The van der Waals surface area contributed by atoms with Crippen molar-refractivity contribution in [3.8, 4) is 11.5 Å². The molecule has 2 rings (SSSR count). The third-order valence-electron chi connectivity index (χ3n) is 2.27. The topological polar surface area (TPSA) is 58.9 Å². The van der Waals surface area contributed by atoms with E-state index in [2.05, 4.69) is 5.18 Å². The molecular weight excluding hydrogens is 194 g/mol. The van der Waals surface area contributed by atoms with Crippen LogP contribution in [0.2, 0.25) is 0 Å². The molecule has 0 spiro atoms. The molecule has 0 radical (unpaired) electrons. The van der Waals surface area contributed by atoms with Crippen molar-refractivity contribution in [2.24, 2.45) is 5.18 Å². The minimum absolute atomic E-state index is 0.0185. The number of phenolic OH excluding ortho intramolecular Hbond substituents is 1. The van der Waals surface area contributed by atoms with E-state index < -0.39 is 0 Å². The lowest BCUT2D eigenvalue weighted by atomic mass is 10.1. The molecule has 0 amide bonds. The predicted octanol–water partition coefficient (Wildman–Crippen LogP) is 2.95. The quantitative estimate of drug-likeness (QED) is 0.763. The van der Waals surface area contributed by atoms with Gasteiger partial charge in [0.1, 0.15) is 0 Å². The fourth-order valence-corrected chi connectivity index (χ4v) is 1.54. The van der Waals surface area contributed by atoms with Crippen LogP contribution in [0.1, 0.15) is 0 Å². The van der Waals surface area contributed by atoms with Crippen LogP contribution in [-0.2, 0) is 0 Å². The van der Waals surface area contributed by atoms with Crippen molar-refractivity contribution in [2.45, 2.75) is 0 Å². The van der Waals surface area contributed by atoms with Crippen molar-refractivity contribution in [1.82, 2.24) is 0 Å². The molecule has 0 heterocycles. The van der Waals surface area contributed by atoms with Gasteiger partial charge in [-0.05, 0) is 16.6 Å². The van der Waals surface area contributed by atoms with Gasteiger partial charge in [0.05, 0.1) is 7.11 Å². The van der Waals surface area contributed by atoms with Crippen LogP contribution < -0.4 is 4.74 Å². The Morgan fingerprint density at radius 3 is 2.73 bits per heavy atom. The van der Waals surface area contributed by atoms with Crippen LogP contribution in [0.25, 0.3) is 10.8 Å². The van der Waals surface area contributed by atoms with Gasteiger partial charge in [-0.25, -0.2) is 0 Å². The minimum Gasteiger partial charge on any atom is -0.503 e. The summed E-state index contributed by atoms with van der Waals surface area (Å²) in [6, 6.07) is 8.84. The van der Waals surface area contributed by atoms with Crippen LogP contribution in [0.3, 0.4) is 0 Å². The van der Waals surface area contributed by atoms with E-state index >= 15 is 0 Å². The summed E-state index contributed by atoms with van der Waals surface area (Å²) in [5.41, 5.74) is 0.0185. The van der Waals surface area contributed by atoms with Gasteiger partial charge in [-0.15, -0.1) is 4.91 Å². The summed E-state index contributed by atoms with van der Waals surface area (Å²) in [6.45, 7) is 0. The average Bonchev–Trinajstić information content (AvgIpc) is 2.28. The first-order chi connectivity index (χ1) is 7.27. The van der Waals surface area contributed by atoms with Crippen LogP contribution in [0.15, 0.2) is 35.5 Å². The highest BCUT2D eigenvalue weighted by Crippen LogP contribution is 2.42. The highest BCUT2D eigenvalue weighted by atomic mass is 16.5. The molecule has 2 aromatic carbocycles. The lowest BCUT2D eigenvalue weighted by Crippen LogP contribution is -1.85. The van der Waals surface area contributed by atoms with E-state index in [1.807, 2.05) is 12.1 Å². The lowest BCUT2D eigenvalue weighted by molar-refractivity contribution is 0.375. The molecule has 2 aromatic rings. The molecule has 0 aromatic heterocycles. The lowest BCUT2D eigenvalue weighted by Gasteiger charge is -2.07. The van der Waals surface area contributed by atoms with Gasteiger partial charge in [-0.2, -0.15) is 0 Å². The largest absolute Gasteiger partial charge is 0.503 e. The Bertz CT molecular complexity index is 522. The molecule has 4 nitrogen and oxygen atoms in total. The number of hydrogen-bond donors (Lipinski definition) is 1. The number of ether oxygens (including phenoxy) is 1. The van der Waals surface area contributed by atoms with E-state index in [1.165, 1.54) is 7.11 Å². The Morgan fingerprint density at radius 1 is 1.33 bits per heavy atom. The normalized spacial score (nSPS) is 10.2. The second-order valence-corrected chi connectivity index (χ2v) is 3.09. The zero-order valence-electron chi connectivity index (χ0n) is 8.10. The molecular formula is C11H9NO3. The minimum atomic E-state index is -0.216. The van der Waals surface area contributed by atoms with Gasteiger partial charge in [0.2, 0.25) is 0 Å². The van der Waals surface area contributed by atoms with Gasteiger partial charge in [0.15, 0.2) is 17.2 Å². The first kappa shape index (κ1) is 9.45. The zero-order chi connectivity index (χ0) is 10.8. The van der Waals surface area contributed by atoms with Gasteiger partial charge in [-0.1, -0.05) is 24.3 Å². The number of aromatic hydroxyl groups is 1. The summed E-state index contributed by atoms with van der Waals surface area (Å²) in [4.78, 5) is 10.6. The molecule has 0 bridgehead atoms. The smallest absolute Gasteiger partial charge is 0.188 e. The standard InChI is InChI=1S/C11H9NO3/c1-15-9-6-7-4-2-3-5-8(7)10(12-14)11(9)13/h2-6,13H,1H3. The monoisotopic (exact) mass is 203 g/mol. The molecule has 15 heavy (non-hydrogen) atoms. The van der Waals surface area contributed by atoms with Crippen LogP contribution in [0.4, 0.5) is 5.69 Å². The summed E-state index contributed by atoms with van der Waals surface area (Å²) in [5.74, 6) is 0.0366. The number of phenols is 1. The second kappa shape index (κ2) is 3.57. The highest BCUT2D eigenvalue weighted by molar-refractivity contribution is 5.97. The molecule has 1 N–H and O–H groups in total. The number of rotatable bonds is 2. The van der Waals surface area contributed by atoms with E-state index in [-0.39, 0.29) is 17.2 Å². The van der Waals surface area contributed by atoms with E-state index in [0.29, 0.717) is 5.39 Å². The Balaban J connectivity index is 2.89. The van der Waals surface area contributed by atoms with Crippen molar-refractivity contribution in [2.75, 3.05) is 7.11 Å². The van der Waals surface area contributed by atoms with E-state index in [1.54, 1.807) is 18.2 Å². The third kappa shape index (κ3) is 1.40. The fourth-order valence-electron chi connectivity index (χ4n) is 1.54. The molecule has 0 aliphatic carbocycles. The van der Waals surface area contributed by atoms with Crippen molar-refractivity contribution >= 4 is 16.5 Å². The summed E-state index contributed by atoms with van der Waals surface area (Å²) < 4.78 is 4.95. The number of nitrogens with zero attached hydrogens (tertiary/aromatic N) is 1. The van der Waals surface area contributed by atoms with Gasteiger partial charge >= 0.3 is 0 Å². The zero-order valence-corrected chi connectivity index (χ0v) is 8.10. The summed E-state index contributed by atoms with van der Waals surface area (Å²) in [5, 5.41) is 13.9. The first-order valence-electron chi connectivity index (χ1n) is 4.40.